The topological polar surface area (TPSA) is 64.8 Å². The molecule has 2 aliphatic rings. The molecule has 1 saturated carbocycles. The lowest BCUT2D eigenvalue weighted by Gasteiger charge is -2.25. The highest BCUT2D eigenvalue weighted by atomic mass is 15.3. The molecule has 19 heavy (non-hydrogen) atoms. The minimum Gasteiger partial charge on any atom is -0.339 e. The van der Waals surface area contributed by atoms with Crippen LogP contribution in [0, 0.1) is 17.2 Å². The van der Waals surface area contributed by atoms with Crippen LogP contribution in [0.3, 0.4) is 0 Å². The van der Waals surface area contributed by atoms with Crippen LogP contribution in [0.1, 0.15) is 31.4 Å². The quantitative estimate of drug-likeness (QED) is 0.861. The molecule has 100 valence electrons. The zero-order valence-electron chi connectivity index (χ0n) is 11.0. The van der Waals surface area contributed by atoms with Crippen molar-refractivity contribution in [2.24, 2.45) is 5.92 Å². The van der Waals surface area contributed by atoms with Crippen LogP contribution in [-0.4, -0.2) is 35.6 Å². The van der Waals surface area contributed by atoms with Crippen LogP contribution in [0.2, 0.25) is 0 Å². The van der Waals surface area contributed by atoms with Crippen LogP contribution in [0.4, 0.5) is 5.95 Å². The zero-order valence-corrected chi connectivity index (χ0v) is 11.0. The van der Waals surface area contributed by atoms with Gasteiger partial charge >= 0.3 is 0 Å². The van der Waals surface area contributed by atoms with Gasteiger partial charge in [-0.25, -0.2) is 9.97 Å². The molecule has 1 saturated heterocycles. The molecule has 1 unspecified atom stereocenters. The van der Waals surface area contributed by atoms with Gasteiger partial charge in [0.05, 0.1) is 0 Å². The van der Waals surface area contributed by atoms with Crippen molar-refractivity contribution in [3.8, 4) is 6.07 Å². The fraction of sp³-hybridized carbons (Fsp3) is 0.643. The predicted molar refractivity (Wildman–Crippen MR) is 72.7 cm³/mol. The summed E-state index contributed by atoms with van der Waals surface area (Å²) in [6.07, 6.45) is 6.78. The Labute approximate surface area is 113 Å². The first-order valence-corrected chi connectivity index (χ1v) is 7.06. The maximum atomic E-state index is 8.95. The molecule has 1 aromatic heterocycles. The molecule has 0 spiro atoms. The predicted octanol–water partition coefficient (Wildman–Crippen LogP) is 1.32. The molecule has 0 aromatic carbocycles. The van der Waals surface area contributed by atoms with Gasteiger partial charge in [0.2, 0.25) is 5.95 Å². The van der Waals surface area contributed by atoms with Gasteiger partial charge in [0, 0.05) is 25.3 Å². The van der Waals surface area contributed by atoms with Gasteiger partial charge in [-0.15, -0.1) is 0 Å². The number of aromatic nitrogens is 2. The largest absolute Gasteiger partial charge is 0.339 e. The van der Waals surface area contributed by atoms with Crippen LogP contribution >= 0.6 is 0 Å². The highest BCUT2D eigenvalue weighted by molar-refractivity contribution is 5.34. The van der Waals surface area contributed by atoms with E-state index in [1.54, 1.807) is 12.3 Å². The number of nitriles is 1. The number of anilines is 1. The van der Waals surface area contributed by atoms with Gasteiger partial charge in [-0.1, -0.05) is 0 Å². The maximum Gasteiger partial charge on any atom is 0.226 e. The molecule has 5 heteroatoms. The molecule has 0 bridgehead atoms. The number of hydrogen-bond acceptors (Lipinski definition) is 5. The molecule has 2 fully saturated rings. The molecule has 3 rings (SSSR count). The first kappa shape index (κ1) is 12.4. The van der Waals surface area contributed by atoms with Gasteiger partial charge in [-0.3, -0.25) is 0 Å². The van der Waals surface area contributed by atoms with E-state index in [0.717, 1.165) is 25.6 Å². The molecule has 1 aliphatic carbocycles. The minimum atomic E-state index is 0.449. The van der Waals surface area contributed by atoms with Crippen LogP contribution < -0.4 is 10.2 Å². The summed E-state index contributed by atoms with van der Waals surface area (Å²) in [4.78, 5) is 10.9. The van der Waals surface area contributed by atoms with Gasteiger partial charge in [0.1, 0.15) is 11.8 Å². The van der Waals surface area contributed by atoms with E-state index >= 15 is 0 Å². The first-order valence-electron chi connectivity index (χ1n) is 7.06. The molecule has 2 heterocycles. The van der Waals surface area contributed by atoms with Crippen molar-refractivity contribution in [1.29, 1.82) is 5.26 Å². The number of hydrogen-bond donors (Lipinski definition) is 1. The van der Waals surface area contributed by atoms with E-state index in [1.165, 1.54) is 25.7 Å². The third-order valence-corrected chi connectivity index (χ3v) is 3.82. The summed E-state index contributed by atoms with van der Waals surface area (Å²) >= 11 is 0. The van der Waals surface area contributed by atoms with Crippen molar-refractivity contribution < 1.29 is 0 Å². The van der Waals surface area contributed by atoms with E-state index in [1.807, 2.05) is 0 Å². The van der Waals surface area contributed by atoms with Crippen LogP contribution in [-0.2, 0) is 0 Å². The van der Waals surface area contributed by atoms with Crippen molar-refractivity contribution in [2.75, 3.05) is 24.5 Å². The second-order valence-corrected chi connectivity index (χ2v) is 5.50. The third-order valence-electron chi connectivity index (χ3n) is 3.82. The van der Waals surface area contributed by atoms with Crippen molar-refractivity contribution in [1.82, 2.24) is 15.3 Å². The Morgan fingerprint density at radius 3 is 2.95 bits per heavy atom. The smallest absolute Gasteiger partial charge is 0.226 e. The lowest BCUT2D eigenvalue weighted by Crippen LogP contribution is -2.39. The summed E-state index contributed by atoms with van der Waals surface area (Å²) in [5.74, 6) is 1.50. The summed E-state index contributed by atoms with van der Waals surface area (Å²) in [5, 5.41) is 12.5. The Morgan fingerprint density at radius 2 is 2.26 bits per heavy atom. The molecule has 1 aromatic rings. The van der Waals surface area contributed by atoms with Crippen molar-refractivity contribution in [3.05, 3.63) is 18.0 Å². The van der Waals surface area contributed by atoms with Gasteiger partial charge < -0.3 is 10.2 Å². The Balaban J connectivity index is 1.74. The molecule has 1 atom stereocenters. The highest BCUT2D eigenvalue weighted by Crippen LogP contribution is 2.31. The van der Waals surface area contributed by atoms with Crippen molar-refractivity contribution in [3.63, 3.8) is 0 Å². The zero-order chi connectivity index (χ0) is 13.1. The molecule has 1 aliphatic heterocycles. The highest BCUT2D eigenvalue weighted by Gasteiger charge is 2.27. The van der Waals surface area contributed by atoms with E-state index in [9.17, 15) is 0 Å². The lowest BCUT2D eigenvalue weighted by atomic mass is 10.2. The molecule has 1 N–H and O–H groups in total. The molecule has 5 nitrogen and oxygen atoms in total. The SMILES string of the molecule is N#Cc1ccnc(N(CC2CC2)CC2CCCN2)n1. The van der Waals surface area contributed by atoms with Gasteiger partial charge in [-0.05, 0) is 44.2 Å². The van der Waals surface area contributed by atoms with E-state index in [2.05, 4.69) is 26.3 Å². The molecular formula is C14H19N5. The summed E-state index contributed by atoms with van der Waals surface area (Å²) in [6, 6.07) is 4.29. The maximum absolute atomic E-state index is 8.95. The Bertz CT molecular complexity index is 471. The number of nitrogens with one attached hydrogen (secondary N) is 1. The minimum absolute atomic E-state index is 0.449. The van der Waals surface area contributed by atoms with E-state index in [-0.39, 0.29) is 0 Å². The first-order chi connectivity index (χ1) is 9.35. The number of rotatable bonds is 5. The summed E-state index contributed by atoms with van der Waals surface area (Å²) < 4.78 is 0. The Hall–Kier alpha value is -1.67. The van der Waals surface area contributed by atoms with Gasteiger partial charge in [0.25, 0.3) is 0 Å². The normalized spacial score (nSPS) is 22.2. The average Bonchev–Trinajstić information content (AvgIpc) is 3.12. The summed E-state index contributed by atoms with van der Waals surface area (Å²) in [7, 11) is 0. The van der Waals surface area contributed by atoms with E-state index in [4.69, 9.17) is 5.26 Å². The van der Waals surface area contributed by atoms with Crippen LogP contribution in [0.15, 0.2) is 12.3 Å². The van der Waals surface area contributed by atoms with Crippen LogP contribution in [0.5, 0.6) is 0 Å². The van der Waals surface area contributed by atoms with Crippen molar-refractivity contribution >= 4 is 5.95 Å². The number of nitrogens with zero attached hydrogens (tertiary/aromatic N) is 4. The van der Waals surface area contributed by atoms with Crippen LogP contribution in [0.25, 0.3) is 0 Å². The van der Waals surface area contributed by atoms with Crippen molar-refractivity contribution in [2.45, 2.75) is 31.7 Å². The second kappa shape index (κ2) is 5.54. The van der Waals surface area contributed by atoms with E-state index < -0.39 is 0 Å². The second-order valence-electron chi connectivity index (χ2n) is 5.50. The Morgan fingerprint density at radius 1 is 1.37 bits per heavy atom. The standard InChI is InChI=1S/C14H19N5/c15-8-12-5-7-17-14(18-12)19(9-11-3-4-11)10-13-2-1-6-16-13/h5,7,11,13,16H,1-4,6,9-10H2. The van der Waals surface area contributed by atoms with Gasteiger partial charge in [-0.2, -0.15) is 5.26 Å². The monoisotopic (exact) mass is 257 g/mol. The third kappa shape index (κ3) is 3.21. The molecular weight excluding hydrogens is 238 g/mol. The van der Waals surface area contributed by atoms with Gasteiger partial charge in [0.15, 0.2) is 0 Å². The molecule has 0 radical (unpaired) electrons. The lowest BCUT2D eigenvalue weighted by molar-refractivity contribution is 0.563. The fourth-order valence-electron chi connectivity index (χ4n) is 2.59. The summed E-state index contributed by atoms with van der Waals surface area (Å²) in [6.45, 7) is 3.08. The summed E-state index contributed by atoms with van der Waals surface area (Å²) in [5.41, 5.74) is 0.449. The molecule has 0 amide bonds. The Kier molecular flexibility index (Phi) is 3.60. The van der Waals surface area contributed by atoms with E-state index in [0.29, 0.717) is 17.7 Å². The average molecular weight is 257 g/mol. The fourth-order valence-corrected chi connectivity index (χ4v) is 2.59.